The van der Waals surface area contributed by atoms with E-state index in [1.165, 1.54) is 18.9 Å². The molecule has 124 valence electrons. The molecule has 0 saturated carbocycles. The average molecular weight is 331 g/mol. The van der Waals surface area contributed by atoms with Gasteiger partial charge in [-0.2, -0.15) is 11.8 Å². The minimum Gasteiger partial charge on any atom is -0.467 e. The van der Waals surface area contributed by atoms with Gasteiger partial charge in [0.1, 0.15) is 0 Å². The summed E-state index contributed by atoms with van der Waals surface area (Å²) in [5.74, 6) is -0.103. The predicted molar refractivity (Wildman–Crippen MR) is 81.1 cm³/mol. The van der Waals surface area contributed by atoms with E-state index in [1.54, 1.807) is 4.68 Å². The number of aliphatic hydroxyl groups excluding tert-OH is 1. The number of thioether (sulfide) groups is 1. The van der Waals surface area contributed by atoms with E-state index in [1.807, 2.05) is 13.1 Å². The van der Waals surface area contributed by atoms with Gasteiger partial charge >= 0.3 is 5.97 Å². The highest BCUT2D eigenvalue weighted by Gasteiger charge is 2.23. The number of aliphatic hydroxyl groups is 1. The molecule has 1 amide bonds. The maximum Gasteiger partial charge on any atom is 0.330 e. The topological polar surface area (TPSA) is 132 Å². The Hall–Kier alpha value is -1.65. The second-order valence-electron chi connectivity index (χ2n) is 4.57. The summed E-state index contributed by atoms with van der Waals surface area (Å²) in [5, 5.41) is 19.2. The first-order valence-corrected chi connectivity index (χ1v) is 7.82. The van der Waals surface area contributed by atoms with Crippen molar-refractivity contribution in [2.45, 2.75) is 25.6 Å². The van der Waals surface area contributed by atoms with Gasteiger partial charge in [-0.3, -0.25) is 9.48 Å². The van der Waals surface area contributed by atoms with Crippen LogP contribution in [0.25, 0.3) is 0 Å². The third-order valence-corrected chi connectivity index (χ3v) is 3.80. The number of nitrogens with two attached hydrogens (primary N) is 1. The van der Waals surface area contributed by atoms with Crippen LogP contribution in [0.1, 0.15) is 5.69 Å². The number of rotatable bonds is 9. The minimum atomic E-state index is -1.09. The SMILES string of the molecule is COC(=O)C(CO)NC(=O)C(N)CSCCn1cc(C)nn1. The molecule has 0 aromatic carbocycles. The highest BCUT2D eigenvalue weighted by Crippen LogP contribution is 2.04. The molecule has 0 aliphatic rings. The maximum atomic E-state index is 11.8. The lowest BCUT2D eigenvalue weighted by molar-refractivity contribution is -0.146. The predicted octanol–water partition coefficient (Wildman–Crippen LogP) is -1.70. The number of amides is 1. The van der Waals surface area contributed by atoms with E-state index >= 15 is 0 Å². The number of nitrogens with one attached hydrogen (secondary N) is 1. The fourth-order valence-electron chi connectivity index (χ4n) is 1.55. The van der Waals surface area contributed by atoms with Crippen LogP contribution in [0.5, 0.6) is 0 Å². The fraction of sp³-hybridized carbons (Fsp3) is 0.667. The van der Waals surface area contributed by atoms with E-state index in [0.717, 1.165) is 11.4 Å². The number of ether oxygens (including phenoxy) is 1. The summed E-state index contributed by atoms with van der Waals surface area (Å²) >= 11 is 1.49. The Balaban J connectivity index is 2.27. The number of hydrogen-bond donors (Lipinski definition) is 3. The number of carbonyl (C=O) groups excluding carboxylic acids is 2. The molecule has 10 heteroatoms. The number of carbonyl (C=O) groups is 2. The van der Waals surface area contributed by atoms with E-state index in [0.29, 0.717) is 12.3 Å². The van der Waals surface area contributed by atoms with Gasteiger partial charge < -0.3 is 20.9 Å². The van der Waals surface area contributed by atoms with Crippen LogP contribution >= 0.6 is 11.8 Å². The van der Waals surface area contributed by atoms with Gasteiger partial charge in [-0.15, -0.1) is 5.10 Å². The van der Waals surface area contributed by atoms with Crippen molar-refractivity contribution in [1.82, 2.24) is 20.3 Å². The zero-order chi connectivity index (χ0) is 16.5. The van der Waals surface area contributed by atoms with Crippen molar-refractivity contribution in [3.63, 3.8) is 0 Å². The second-order valence-corrected chi connectivity index (χ2v) is 5.72. The van der Waals surface area contributed by atoms with E-state index < -0.39 is 30.6 Å². The van der Waals surface area contributed by atoms with E-state index in [-0.39, 0.29) is 0 Å². The number of nitrogens with zero attached hydrogens (tertiary/aromatic N) is 3. The fourth-order valence-corrected chi connectivity index (χ4v) is 2.44. The van der Waals surface area contributed by atoms with Crippen molar-refractivity contribution in [2.75, 3.05) is 25.2 Å². The van der Waals surface area contributed by atoms with Crippen molar-refractivity contribution in [3.05, 3.63) is 11.9 Å². The molecule has 1 heterocycles. The van der Waals surface area contributed by atoms with Gasteiger partial charge in [-0.1, -0.05) is 5.21 Å². The largest absolute Gasteiger partial charge is 0.467 e. The molecule has 9 nitrogen and oxygen atoms in total. The molecule has 1 rings (SSSR count). The molecule has 0 aliphatic heterocycles. The van der Waals surface area contributed by atoms with E-state index in [2.05, 4.69) is 20.4 Å². The lowest BCUT2D eigenvalue weighted by atomic mass is 10.2. The average Bonchev–Trinajstić information content (AvgIpc) is 2.93. The summed E-state index contributed by atoms with van der Waals surface area (Å²) in [6.45, 7) is 1.99. The van der Waals surface area contributed by atoms with Gasteiger partial charge in [-0.25, -0.2) is 4.79 Å². The van der Waals surface area contributed by atoms with Gasteiger partial charge in [0, 0.05) is 17.7 Å². The molecule has 2 unspecified atom stereocenters. The quantitative estimate of drug-likeness (QED) is 0.360. The van der Waals surface area contributed by atoms with Gasteiger partial charge in [0.2, 0.25) is 5.91 Å². The highest BCUT2D eigenvalue weighted by atomic mass is 32.2. The van der Waals surface area contributed by atoms with Crippen LogP contribution in [-0.2, 0) is 20.9 Å². The van der Waals surface area contributed by atoms with Crippen LogP contribution in [0.2, 0.25) is 0 Å². The van der Waals surface area contributed by atoms with Crippen LogP contribution in [0.15, 0.2) is 6.20 Å². The molecule has 0 saturated heterocycles. The molecule has 2 atom stereocenters. The molecule has 22 heavy (non-hydrogen) atoms. The van der Waals surface area contributed by atoms with Crippen LogP contribution < -0.4 is 11.1 Å². The lowest BCUT2D eigenvalue weighted by Gasteiger charge is -2.17. The van der Waals surface area contributed by atoms with Crippen molar-refractivity contribution in [3.8, 4) is 0 Å². The Labute approximate surface area is 132 Å². The molecule has 0 spiro atoms. The van der Waals surface area contributed by atoms with E-state index in [9.17, 15) is 9.59 Å². The summed E-state index contributed by atoms with van der Waals surface area (Å²) < 4.78 is 6.17. The van der Waals surface area contributed by atoms with Crippen molar-refractivity contribution in [1.29, 1.82) is 0 Å². The number of methoxy groups -OCH3 is 1. The molecule has 0 radical (unpaired) electrons. The van der Waals surface area contributed by atoms with Gasteiger partial charge in [-0.05, 0) is 6.92 Å². The summed E-state index contributed by atoms with van der Waals surface area (Å²) in [4.78, 5) is 23.1. The molecular formula is C12H21N5O4S. The normalized spacial score (nSPS) is 13.5. The summed E-state index contributed by atoms with van der Waals surface area (Å²) in [5.41, 5.74) is 6.59. The number of aryl methyl sites for hydroxylation is 2. The minimum absolute atomic E-state index is 0.388. The molecule has 4 N–H and O–H groups in total. The first-order chi connectivity index (χ1) is 10.5. The molecule has 0 fully saturated rings. The highest BCUT2D eigenvalue weighted by molar-refractivity contribution is 7.99. The standard InChI is InChI=1S/C12H21N5O4S/c1-8-5-17(16-15-8)3-4-22-7-9(13)11(19)14-10(6-18)12(20)21-2/h5,9-10,18H,3-4,6-7,13H2,1-2H3,(H,14,19). The Morgan fingerprint density at radius 2 is 2.32 bits per heavy atom. The molecule has 1 aromatic rings. The van der Waals surface area contributed by atoms with Gasteiger partial charge in [0.25, 0.3) is 0 Å². The Morgan fingerprint density at radius 1 is 1.59 bits per heavy atom. The first kappa shape index (κ1) is 18.4. The van der Waals surface area contributed by atoms with Crippen LogP contribution in [0, 0.1) is 6.92 Å². The monoisotopic (exact) mass is 331 g/mol. The second kappa shape index (κ2) is 9.38. The zero-order valence-electron chi connectivity index (χ0n) is 12.6. The van der Waals surface area contributed by atoms with Gasteiger partial charge in [0.15, 0.2) is 6.04 Å². The summed E-state index contributed by atoms with van der Waals surface area (Å²) in [7, 11) is 1.18. The van der Waals surface area contributed by atoms with Crippen LogP contribution in [0.4, 0.5) is 0 Å². The summed E-state index contributed by atoms with van der Waals surface area (Å²) in [6, 6.07) is -1.87. The Bertz CT molecular complexity index is 496. The maximum absolute atomic E-state index is 11.8. The Morgan fingerprint density at radius 3 is 2.86 bits per heavy atom. The summed E-state index contributed by atoms with van der Waals surface area (Å²) in [6.07, 6.45) is 1.83. The third-order valence-electron chi connectivity index (χ3n) is 2.74. The van der Waals surface area contributed by atoms with E-state index in [4.69, 9.17) is 10.8 Å². The molecule has 0 bridgehead atoms. The Kier molecular flexibility index (Phi) is 7.85. The van der Waals surface area contributed by atoms with Crippen molar-refractivity contribution in [2.24, 2.45) is 5.73 Å². The number of aromatic nitrogens is 3. The van der Waals surface area contributed by atoms with Crippen molar-refractivity contribution < 1.29 is 19.4 Å². The zero-order valence-corrected chi connectivity index (χ0v) is 13.4. The molecular weight excluding hydrogens is 310 g/mol. The lowest BCUT2D eigenvalue weighted by Crippen LogP contribution is -2.51. The van der Waals surface area contributed by atoms with Gasteiger partial charge in [0.05, 0.1) is 32.0 Å². The molecule has 0 aliphatic carbocycles. The first-order valence-electron chi connectivity index (χ1n) is 6.67. The van der Waals surface area contributed by atoms with Crippen molar-refractivity contribution >= 4 is 23.6 Å². The molecule has 1 aromatic heterocycles. The van der Waals surface area contributed by atoms with Crippen LogP contribution in [0.3, 0.4) is 0 Å². The number of esters is 1. The smallest absolute Gasteiger partial charge is 0.330 e. The number of hydrogen-bond acceptors (Lipinski definition) is 8. The van der Waals surface area contributed by atoms with Crippen LogP contribution in [-0.4, -0.2) is 69.3 Å². The third kappa shape index (κ3) is 6.00.